The van der Waals surface area contributed by atoms with Gasteiger partial charge in [-0.2, -0.15) is 5.10 Å². The van der Waals surface area contributed by atoms with E-state index in [1.54, 1.807) is 22.3 Å². The quantitative estimate of drug-likeness (QED) is 0.333. The van der Waals surface area contributed by atoms with Crippen molar-refractivity contribution in [1.82, 2.24) is 24.3 Å². The lowest BCUT2D eigenvalue weighted by molar-refractivity contribution is -0.188. The van der Waals surface area contributed by atoms with Crippen LogP contribution in [0, 0.1) is 0 Å². The van der Waals surface area contributed by atoms with Crippen LogP contribution in [0.5, 0.6) is 5.75 Å². The van der Waals surface area contributed by atoms with Gasteiger partial charge in [0.2, 0.25) is 5.79 Å². The van der Waals surface area contributed by atoms with Gasteiger partial charge < -0.3 is 18.8 Å². The number of aryl methyl sites for hydroxylation is 2. The Morgan fingerprint density at radius 1 is 1.21 bits per heavy atom. The molecule has 4 heterocycles. The Labute approximate surface area is 203 Å². The van der Waals surface area contributed by atoms with Crippen molar-refractivity contribution in [3.05, 3.63) is 71.3 Å². The number of benzene rings is 1. The van der Waals surface area contributed by atoms with E-state index in [0.29, 0.717) is 19.8 Å². The number of thiophene rings is 1. The number of aromatic nitrogens is 5. The van der Waals surface area contributed by atoms with E-state index in [1.165, 1.54) is 6.33 Å². The van der Waals surface area contributed by atoms with Crippen LogP contribution in [-0.4, -0.2) is 43.6 Å². The first kappa shape index (κ1) is 22.8. The Hall–Kier alpha value is -3.01. The third kappa shape index (κ3) is 4.77. The largest absolute Gasteiger partial charge is 0.491 e. The lowest BCUT2D eigenvalue weighted by Crippen LogP contribution is -2.33. The Bertz CT molecular complexity index is 1170. The van der Waals surface area contributed by atoms with E-state index in [4.69, 9.17) is 19.2 Å². The van der Waals surface area contributed by atoms with E-state index < -0.39 is 5.79 Å². The van der Waals surface area contributed by atoms with Crippen LogP contribution >= 0.6 is 11.3 Å². The van der Waals surface area contributed by atoms with Gasteiger partial charge >= 0.3 is 0 Å². The zero-order chi connectivity index (χ0) is 23.4. The number of hydrogen-bond donors (Lipinski definition) is 0. The van der Waals surface area contributed by atoms with Gasteiger partial charge in [0, 0.05) is 24.7 Å². The lowest BCUT2D eigenvalue weighted by Gasteiger charge is -2.26. The third-order valence-corrected chi connectivity index (χ3v) is 6.85. The maximum Gasteiger partial charge on any atom is 0.225 e. The second kappa shape index (κ2) is 10.1. The summed E-state index contributed by atoms with van der Waals surface area (Å²) < 4.78 is 22.6. The molecule has 0 amide bonds. The van der Waals surface area contributed by atoms with Crippen molar-refractivity contribution in [3.8, 4) is 17.0 Å². The highest BCUT2D eigenvalue weighted by molar-refractivity contribution is 7.10. The molecule has 9 heteroatoms. The van der Waals surface area contributed by atoms with Gasteiger partial charge in [0.25, 0.3) is 0 Å². The number of hydrogen-bond acceptors (Lipinski definition) is 7. The molecule has 0 saturated carbocycles. The summed E-state index contributed by atoms with van der Waals surface area (Å²) in [6, 6.07) is 12.1. The third-order valence-electron chi connectivity index (χ3n) is 5.85. The molecule has 0 aliphatic carbocycles. The first-order valence-corrected chi connectivity index (χ1v) is 12.5. The summed E-state index contributed by atoms with van der Waals surface area (Å²) >= 11 is 1.60. The highest BCUT2D eigenvalue weighted by Crippen LogP contribution is 2.38. The van der Waals surface area contributed by atoms with Crippen molar-refractivity contribution in [2.45, 2.75) is 51.7 Å². The molecular formula is C25H29N5O3S. The van der Waals surface area contributed by atoms with Crippen LogP contribution in [0.3, 0.4) is 0 Å². The summed E-state index contributed by atoms with van der Waals surface area (Å²) in [5, 5.41) is 6.24. The van der Waals surface area contributed by atoms with E-state index in [0.717, 1.165) is 47.1 Å². The molecule has 3 aromatic heterocycles. The Morgan fingerprint density at radius 2 is 2.09 bits per heavy atom. The zero-order valence-corrected chi connectivity index (χ0v) is 20.3. The molecule has 1 aromatic carbocycles. The van der Waals surface area contributed by atoms with E-state index in [-0.39, 0.29) is 6.10 Å². The summed E-state index contributed by atoms with van der Waals surface area (Å²) in [5.41, 5.74) is 2.08. The maximum absolute atomic E-state index is 6.39. The first-order valence-electron chi connectivity index (χ1n) is 11.7. The fourth-order valence-corrected chi connectivity index (χ4v) is 4.97. The molecule has 0 radical (unpaired) electrons. The first-order chi connectivity index (χ1) is 16.7. The molecule has 2 unspecified atom stereocenters. The van der Waals surface area contributed by atoms with Crippen molar-refractivity contribution in [3.63, 3.8) is 0 Å². The maximum atomic E-state index is 6.39. The average Bonchev–Trinajstić information content (AvgIpc) is 3.66. The molecule has 34 heavy (non-hydrogen) atoms. The van der Waals surface area contributed by atoms with Crippen LogP contribution in [0.25, 0.3) is 11.3 Å². The number of nitrogens with zero attached hydrogens (tertiary/aromatic N) is 5. The normalized spacial score (nSPS) is 20.1. The van der Waals surface area contributed by atoms with Crippen LogP contribution in [0.15, 0.2) is 60.6 Å². The SMILES string of the molecule is CCCc1nc(-c2ccc(OCC3COC(Cn4cncn4)(c4cccs4)O3)cc2)cn1CC. The smallest absolute Gasteiger partial charge is 0.225 e. The minimum absolute atomic E-state index is 0.192. The van der Waals surface area contributed by atoms with Crippen LogP contribution in [-0.2, 0) is 34.8 Å². The van der Waals surface area contributed by atoms with Gasteiger partial charge in [-0.05, 0) is 49.1 Å². The topological polar surface area (TPSA) is 76.2 Å². The summed E-state index contributed by atoms with van der Waals surface area (Å²) in [5.74, 6) is 1.05. The van der Waals surface area contributed by atoms with Gasteiger partial charge in [-0.1, -0.05) is 13.0 Å². The van der Waals surface area contributed by atoms with Crippen molar-refractivity contribution in [1.29, 1.82) is 0 Å². The minimum Gasteiger partial charge on any atom is -0.491 e. The van der Waals surface area contributed by atoms with Gasteiger partial charge in [0.05, 0.1) is 17.2 Å². The van der Waals surface area contributed by atoms with Gasteiger partial charge in [-0.3, -0.25) is 0 Å². The van der Waals surface area contributed by atoms with Gasteiger partial charge in [0.1, 0.15) is 43.5 Å². The van der Waals surface area contributed by atoms with E-state index in [1.807, 2.05) is 29.6 Å². The molecule has 1 aliphatic heterocycles. The zero-order valence-electron chi connectivity index (χ0n) is 19.5. The van der Waals surface area contributed by atoms with Gasteiger partial charge in [-0.25, -0.2) is 14.6 Å². The van der Waals surface area contributed by atoms with E-state index in [2.05, 4.69) is 46.8 Å². The average molecular weight is 480 g/mol. The van der Waals surface area contributed by atoms with Crippen LogP contribution in [0.2, 0.25) is 0 Å². The Kier molecular flexibility index (Phi) is 6.75. The van der Waals surface area contributed by atoms with Gasteiger partial charge in [-0.15, -0.1) is 11.3 Å². The number of imidazole rings is 1. The Balaban J connectivity index is 1.22. The summed E-state index contributed by atoms with van der Waals surface area (Å²) in [6.45, 7) is 6.53. The predicted octanol–water partition coefficient (Wildman–Crippen LogP) is 4.52. The fraction of sp³-hybridized carbons (Fsp3) is 0.400. The van der Waals surface area contributed by atoms with Crippen molar-refractivity contribution in [2.24, 2.45) is 0 Å². The second-order valence-corrected chi connectivity index (χ2v) is 9.24. The van der Waals surface area contributed by atoms with Crippen molar-refractivity contribution >= 4 is 11.3 Å². The predicted molar refractivity (Wildman–Crippen MR) is 130 cm³/mol. The van der Waals surface area contributed by atoms with Crippen molar-refractivity contribution in [2.75, 3.05) is 13.2 Å². The standard InChI is InChI=1S/C25H29N5O3S/c1-3-6-24-28-22(13-29(24)4-2)19-8-10-20(11-9-19)31-14-21-15-32-25(33-21,23-7-5-12-34-23)16-30-18-26-17-27-30/h5,7-13,17-18,21H,3-4,6,14-16H2,1-2H3. The minimum atomic E-state index is -0.881. The highest BCUT2D eigenvalue weighted by Gasteiger charge is 2.45. The van der Waals surface area contributed by atoms with Crippen molar-refractivity contribution < 1.29 is 14.2 Å². The molecule has 1 fully saturated rings. The molecule has 5 rings (SSSR count). The van der Waals surface area contributed by atoms with E-state index in [9.17, 15) is 0 Å². The monoisotopic (exact) mass is 479 g/mol. The Morgan fingerprint density at radius 3 is 2.79 bits per heavy atom. The molecule has 0 bridgehead atoms. The summed E-state index contributed by atoms with van der Waals surface area (Å²) in [4.78, 5) is 9.86. The molecule has 1 saturated heterocycles. The molecular weight excluding hydrogens is 450 g/mol. The number of ether oxygens (including phenoxy) is 3. The van der Waals surface area contributed by atoms with Crippen LogP contribution < -0.4 is 4.74 Å². The van der Waals surface area contributed by atoms with Gasteiger partial charge in [0.15, 0.2) is 0 Å². The highest BCUT2D eigenvalue weighted by atomic mass is 32.1. The molecule has 178 valence electrons. The molecule has 2 atom stereocenters. The molecule has 8 nitrogen and oxygen atoms in total. The molecule has 0 N–H and O–H groups in total. The lowest BCUT2D eigenvalue weighted by atomic mass is 10.1. The second-order valence-electron chi connectivity index (χ2n) is 8.29. The van der Waals surface area contributed by atoms with E-state index >= 15 is 0 Å². The van der Waals surface area contributed by atoms with Crippen LogP contribution in [0.1, 0.15) is 31.0 Å². The molecule has 1 aliphatic rings. The fourth-order valence-electron chi connectivity index (χ4n) is 4.16. The summed E-state index contributed by atoms with van der Waals surface area (Å²) in [7, 11) is 0. The number of rotatable bonds is 10. The van der Waals surface area contributed by atoms with Crippen LogP contribution in [0.4, 0.5) is 0 Å². The summed E-state index contributed by atoms with van der Waals surface area (Å²) in [6.07, 6.45) is 7.19. The molecule has 4 aromatic rings. The molecule has 0 spiro atoms.